The maximum atomic E-state index is 13.1. The Bertz CT molecular complexity index is 609. The van der Waals surface area contributed by atoms with Crippen molar-refractivity contribution < 1.29 is 28.3 Å². The number of hydrogen-bond acceptors (Lipinski definition) is 7. The van der Waals surface area contributed by atoms with Gasteiger partial charge >= 0.3 is 13.9 Å². The fraction of sp³-hybridized carbons (Fsp3) is 0.556. The highest BCUT2D eigenvalue weighted by Crippen LogP contribution is 2.44. The number of rotatable bonds is 3. The molecule has 4 radical (unpaired) electrons. The molecular weight excluding hydrogens is 336 g/mol. The number of halogens is 1. The molecule has 1 saturated heterocycles. The van der Waals surface area contributed by atoms with E-state index >= 15 is 0 Å². The Hall–Kier alpha value is -0.610. The van der Waals surface area contributed by atoms with Crippen LogP contribution in [0.5, 0.6) is 0 Å². The van der Waals surface area contributed by atoms with E-state index < -0.39 is 38.4 Å². The van der Waals surface area contributed by atoms with Gasteiger partial charge in [-0.1, -0.05) is 12.2 Å². The zero-order valence-corrected chi connectivity index (χ0v) is 13.0. The molecule has 2 rings (SSSR count). The van der Waals surface area contributed by atoms with Crippen molar-refractivity contribution in [3.05, 3.63) is 27.1 Å². The Morgan fingerprint density at radius 3 is 2.59 bits per heavy atom. The van der Waals surface area contributed by atoms with Crippen LogP contribution in [0.2, 0.25) is 0 Å². The standard InChI is InChI=1S/C8H8BFN2O2S.CH5BO4P/c9-5-1-2-6(14-5)12-3-4(10)7(15)11-8(12)13;2-1-6-7(3,4)5/h3,5-6H,1-2H2,(H,11,13,15);3-5H,1H2/q;+1/t5-,6?;/m0./s1. The molecule has 13 heteroatoms. The summed E-state index contributed by atoms with van der Waals surface area (Å²) in [4.78, 5) is 37.5. The number of ether oxygens (including phenoxy) is 1. The van der Waals surface area contributed by atoms with Gasteiger partial charge in [0.1, 0.15) is 26.6 Å². The maximum absolute atomic E-state index is 13.1. The van der Waals surface area contributed by atoms with Crippen LogP contribution in [0.3, 0.4) is 0 Å². The van der Waals surface area contributed by atoms with Gasteiger partial charge in [0.2, 0.25) is 0 Å². The minimum absolute atomic E-state index is 0.196. The summed E-state index contributed by atoms with van der Waals surface area (Å²) in [6.07, 6.45) is 1.78. The van der Waals surface area contributed by atoms with Crippen molar-refractivity contribution in [3.8, 4) is 0 Å². The van der Waals surface area contributed by atoms with Gasteiger partial charge in [-0.3, -0.25) is 9.55 Å². The monoisotopic (exact) mass is 349 g/mol. The predicted molar refractivity (Wildman–Crippen MR) is 80.0 cm³/mol. The van der Waals surface area contributed by atoms with Crippen LogP contribution in [-0.4, -0.2) is 52.4 Å². The van der Waals surface area contributed by atoms with E-state index in [9.17, 15) is 9.18 Å². The molecule has 0 amide bonds. The minimum Gasteiger partial charge on any atom is -0.364 e. The van der Waals surface area contributed by atoms with Gasteiger partial charge in [-0.2, -0.15) is 19.2 Å². The van der Waals surface area contributed by atoms with E-state index in [0.717, 1.165) is 10.8 Å². The fourth-order valence-electron chi connectivity index (χ4n) is 1.62. The molecule has 1 unspecified atom stereocenters. The first kappa shape index (κ1) is 19.4. The molecule has 2 atom stereocenters. The van der Waals surface area contributed by atoms with Gasteiger partial charge in [0, 0.05) is 6.00 Å². The first-order chi connectivity index (χ1) is 10.1. The Balaban J connectivity index is 0.000000295. The second-order valence-electron chi connectivity index (χ2n) is 4.16. The van der Waals surface area contributed by atoms with Crippen LogP contribution in [0, 0.1) is 10.5 Å². The van der Waals surface area contributed by atoms with Crippen molar-refractivity contribution in [2.45, 2.75) is 25.1 Å². The second-order valence-corrected chi connectivity index (χ2v) is 5.85. The summed E-state index contributed by atoms with van der Waals surface area (Å²) in [7, 11) is 6.12. The Kier molecular flexibility index (Phi) is 7.33. The summed E-state index contributed by atoms with van der Waals surface area (Å²) in [5.74, 6) is -0.645. The molecule has 1 fully saturated rings. The zero-order valence-electron chi connectivity index (χ0n) is 11.3. The largest absolute Gasteiger partial charge is 0.566 e. The summed E-state index contributed by atoms with van der Waals surface area (Å²) < 4.78 is 23.1. The fourth-order valence-corrected chi connectivity index (χ4v) is 1.96. The van der Waals surface area contributed by atoms with Crippen molar-refractivity contribution >= 4 is 36.1 Å². The molecule has 0 saturated carbocycles. The smallest absolute Gasteiger partial charge is 0.364 e. The van der Waals surface area contributed by atoms with Crippen LogP contribution < -0.4 is 5.69 Å². The molecule has 4 N–H and O–H groups in total. The van der Waals surface area contributed by atoms with E-state index in [1.807, 2.05) is 0 Å². The Labute approximate surface area is 133 Å². The van der Waals surface area contributed by atoms with Gasteiger partial charge in [0.25, 0.3) is 0 Å². The molecule has 2 heterocycles. The number of nitrogens with one attached hydrogen (secondary N) is 1. The lowest BCUT2D eigenvalue weighted by molar-refractivity contribution is 0.0333. The lowest BCUT2D eigenvalue weighted by Gasteiger charge is -2.13. The highest BCUT2D eigenvalue weighted by atomic mass is 32.1. The predicted octanol–water partition coefficient (Wildman–Crippen LogP) is -0.368. The van der Waals surface area contributed by atoms with Crippen LogP contribution in [0.15, 0.2) is 11.0 Å². The minimum atomic E-state index is -4.04. The first-order valence-corrected chi connectivity index (χ1v) is 7.95. The van der Waals surface area contributed by atoms with Crippen LogP contribution in [0.4, 0.5) is 4.39 Å². The van der Waals surface area contributed by atoms with Gasteiger partial charge in [-0.15, -0.1) is 0 Å². The average Bonchev–Trinajstić information content (AvgIpc) is 2.79. The lowest BCUT2D eigenvalue weighted by atomic mass is 9.98. The highest BCUT2D eigenvalue weighted by molar-refractivity contribution is 7.71. The summed E-state index contributed by atoms with van der Waals surface area (Å²) in [6, 6.07) is -0.395. The Morgan fingerprint density at radius 1 is 1.55 bits per heavy atom. The lowest BCUT2D eigenvalue weighted by Crippen LogP contribution is -2.27. The summed E-state index contributed by atoms with van der Waals surface area (Å²) in [5, 5.41) is 0. The third-order valence-electron chi connectivity index (χ3n) is 2.51. The quantitative estimate of drug-likeness (QED) is 0.334. The molecule has 8 nitrogen and oxygen atoms in total. The third-order valence-corrected chi connectivity index (χ3v) is 3.30. The van der Waals surface area contributed by atoms with Crippen molar-refractivity contribution in [2.24, 2.45) is 0 Å². The van der Waals surface area contributed by atoms with Crippen molar-refractivity contribution in [3.63, 3.8) is 0 Å². The third kappa shape index (κ3) is 6.25. The number of aromatic amines is 1. The van der Waals surface area contributed by atoms with E-state index in [1.54, 1.807) is 0 Å². The molecule has 1 aromatic heterocycles. The molecule has 0 aliphatic carbocycles. The van der Waals surface area contributed by atoms with E-state index in [0.29, 0.717) is 12.8 Å². The number of hydrogen-bond donors (Lipinski definition) is 4. The van der Waals surface area contributed by atoms with Crippen molar-refractivity contribution in [1.29, 1.82) is 0 Å². The van der Waals surface area contributed by atoms with Crippen LogP contribution in [-0.2, 0) is 9.26 Å². The highest BCUT2D eigenvalue weighted by Gasteiger charge is 2.31. The SMILES string of the molecule is [B]CO[P+](O)(O)O.[B][C@@H]1CCC(n2cc(F)c(=S)[nH]c2=O)O1. The van der Waals surface area contributed by atoms with E-state index in [2.05, 4.69) is 29.6 Å². The normalized spacial score (nSPS) is 21.3. The van der Waals surface area contributed by atoms with Crippen molar-refractivity contribution in [2.75, 3.05) is 6.51 Å². The molecule has 118 valence electrons. The molecule has 1 aromatic rings. The summed E-state index contributed by atoms with van der Waals surface area (Å²) in [5.41, 5.74) is -0.486. The molecular formula is C9H13B2FN2O6PS+. The zero-order chi connectivity index (χ0) is 16.9. The van der Waals surface area contributed by atoms with E-state index in [4.69, 9.17) is 27.3 Å². The van der Waals surface area contributed by atoms with Gasteiger partial charge in [-0.25, -0.2) is 9.18 Å². The van der Waals surface area contributed by atoms with Crippen LogP contribution >= 0.6 is 20.4 Å². The first-order valence-electron chi connectivity index (χ1n) is 5.98. The summed E-state index contributed by atoms with van der Waals surface area (Å²) in [6.45, 7) is -0.392. The topological polar surface area (TPSA) is 117 Å². The number of H-pyrrole nitrogens is 1. The van der Waals surface area contributed by atoms with Crippen molar-refractivity contribution in [1.82, 2.24) is 9.55 Å². The Morgan fingerprint density at radius 2 is 2.18 bits per heavy atom. The number of aromatic nitrogens is 2. The number of nitrogens with zero attached hydrogens (tertiary/aromatic N) is 1. The van der Waals surface area contributed by atoms with E-state index in [1.165, 1.54) is 0 Å². The molecule has 1 aliphatic heterocycles. The van der Waals surface area contributed by atoms with Crippen LogP contribution in [0.25, 0.3) is 0 Å². The molecule has 0 bridgehead atoms. The molecule has 1 aliphatic rings. The van der Waals surface area contributed by atoms with Gasteiger partial charge in [0.05, 0.1) is 12.7 Å². The van der Waals surface area contributed by atoms with Gasteiger partial charge in [-0.05, 0) is 12.8 Å². The molecule has 0 aromatic carbocycles. The maximum Gasteiger partial charge on any atom is 0.566 e. The summed E-state index contributed by atoms with van der Waals surface area (Å²) >= 11 is 4.59. The van der Waals surface area contributed by atoms with E-state index in [-0.39, 0.29) is 4.64 Å². The molecule has 22 heavy (non-hydrogen) atoms. The molecule has 0 spiro atoms. The van der Waals surface area contributed by atoms with Crippen LogP contribution in [0.1, 0.15) is 19.1 Å². The van der Waals surface area contributed by atoms with Gasteiger partial charge < -0.3 is 4.74 Å². The average molecular weight is 349 g/mol. The second kappa shape index (κ2) is 8.30. The van der Waals surface area contributed by atoms with Gasteiger partial charge in [0.15, 0.2) is 5.82 Å².